The summed E-state index contributed by atoms with van der Waals surface area (Å²) in [6.07, 6.45) is 4.80. The van der Waals surface area contributed by atoms with Crippen LogP contribution in [0, 0.1) is 17.3 Å². The van der Waals surface area contributed by atoms with Crippen LogP contribution in [0.1, 0.15) is 59.8 Å². The summed E-state index contributed by atoms with van der Waals surface area (Å²) in [4.78, 5) is 12.7. The van der Waals surface area contributed by atoms with E-state index in [4.69, 9.17) is 13.9 Å². The van der Waals surface area contributed by atoms with Gasteiger partial charge < -0.3 is 13.9 Å². The molecule has 3 rings (SSSR count). The van der Waals surface area contributed by atoms with E-state index in [-0.39, 0.29) is 23.0 Å². The van der Waals surface area contributed by atoms with Crippen molar-refractivity contribution in [3.05, 3.63) is 0 Å². The second-order valence-corrected chi connectivity index (χ2v) is 13.2. The van der Waals surface area contributed by atoms with E-state index in [9.17, 15) is 4.79 Å². The van der Waals surface area contributed by atoms with Crippen LogP contribution in [0.15, 0.2) is 0 Å². The van der Waals surface area contributed by atoms with Crippen LogP contribution < -0.4 is 0 Å². The second-order valence-electron chi connectivity index (χ2n) is 8.54. The van der Waals surface area contributed by atoms with Crippen LogP contribution in [0.25, 0.3) is 0 Å². The van der Waals surface area contributed by atoms with Gasteiger partial charge in [0, 0.05) is 24.9 Å². The molecule has 0 N–H and O–H groups in total. The molecule has 5 heteroatoms. The summed E-state index contributed by atoms with van der Waals surface area (Å²) in [7, 11) is -0.0940. The zero-order valence-electron chi connectivity index (χ0n) is 16.7. The highest BCUT2D eigenvalue weighted by Crippen LogP contribution is 2.74. The lowest BCUT2D eigenvalue weighted by Crippen LogP contribution is -2.55. The minimum absolute atomic E-state index is 0.0870. The number of hydrogen-bond donors (Lipinski definition) is 0. The zero-order chi connectivity index (χ0) is 18.3. The first-order valence-corrected chi connectivity index (χ1v) is 12.8. The Bertz CT molecular complexity index is 498. The Kier molecular flexibility index (Phi) is 5.52. The monoisotopic (exact) mass is 368 g/mol. The molecule has 0 radical (unpaired) electrons. The Morgan fingerprint density at radius 1 is 1.16 bits per heavy atom. The third-order valence-electron chi connectivity index (χ3n) is 7.87. The summed E-state index contributed by atoms with van der Waals surface area (Å²) in [6.45, 7) is 9.54. The first-order chi connectivity index (χ1) is 11.9. The van der Waals surface area contributed by atoms with E-state index < -0.39 is 8.32 Å². The molecule has 0 aromatic carbocycles. The molecule has 3 saturated carbocycles. The summed E-state index contributed by atoms with van der Waals surface area (Å²) in [5.74, 6) is 1.03. The molecular formula is C20H36O4Si. The van der Waals surface area contributed by atoms with Gasteiger partial charge in [-0.25, -0.2) is 0 Å². The smallest absolute Gasteiger partial charge is 0.192 e. The summed E-state index contributed by atoms with van der Waals surface area (Å²) in [5, 5.41) is 0. The van der Waals surface area contributed by atoms with Crippen LogP contribution in [-0.4, -0.2) is 39.7 Å². The Morgan fingerprint density at radius 3 is 2.44 bits per heavy atom. The number of rotatable bonds is 8. The molecule has 4 nitrogen and oxygen atoms in total. The van der Waals surface area contributed by atoms with Crippen molar-refractivity contribution in [1.82, 2.24) is 0 Å². The van der Waals surface area contributed by atoms with Crippen molar-refractivity contribution in [2.45, 2.75) is 89.6 Å². The van der Waals surface area contributed by atoms with E-state index in [2.05, 4.69) is 27.7 Å². The lowest BCUT2D eigenvalue weighted by atomic mass is 9.75. The molecular weight excluding hydrogens is 332 g/mol. The standard InChI is InChI=1S/C20H36O4Si/c1-6-25(7-2,8-3)24-20-12-11-18(23-14-22-5)19(20)13-16(19)17(21)10-9-15(20)4/h15-16,18H,6-14H2,1-5H3/t15-,16+,18+,19+,20-/m0/s1. The predicted octanol–water partition coefficient (Wildman–Crippen LogP) is 4.54. The van der Waals surface area contributed by atoms with E-state index >= 15 is 0 Å². The number of Topliss-reactive ketones (excluding diaryl/α,β-unsaturated/α-hetero) is 1. The molecule has 0 heterocycles. The number of hydrogen-bond acceptors (Lipinski definition) is 4. The molecule has 0 aromatic heterocycles. The maximum absolute atomic E-state index is 12.7. The van der Waals surface area contributed by atoms with Crippen molar-refractivity contribution in [2.24, 2.45) is 17.3 Å². The van der Waals surface area contributed by atoms with Gasteiger partial charge in [-0.2, -0.15) is 0 Å². The maximum atomic E-state index is 12.7. The minimum atomic E-state index is -1.77. The molecule has 0 amide bonds. The van der Waals surface area contributed by atoms with Gasteiger partial charge >= 0.3 is 0 Å². The van der Waals surface area contributed by atoms with Gasteiger partial charge in [-0.05, 0) is 49.7 Å². The van der Waals surface area contributed by atoms with E-state index in [0.29, 0.717) is 24.9 Å². The fraction of sp³-hybridized carbons (Fsp3) is 0.950. The Morgan fingerprint density at radius 2 is 1.84 bits per heavy atom. The van der Waals surface area contributed by atoms with E-state index in [1.165, 1.54) is 0 Å². The van der Waals surface area contributed by atoms with E-state index in [0.717, 1.165) is 43.8 Å². The van der Waals surface area contributed by atoms with Gasteiger partial charge in [0.25, 0.3) is 0 Å². The summed E-state index contributed by atoms with van der Waals surface area (Å²) in [5.41, 5.74) is -0.243. The molecule has 3 fully saturated rings. The molecule has 0 unspecified atom stereocenters. The maximum Gasteiger partial charge on any atom is 0.192 e. The first-order valence-electron chi connectivity index (χ1n) is 10.3. The second kappa shape index (κ2) is 7.06. The number of methoxy groups -OCH3 is 1. The number of ether oxygens (including phenoxy) is 2. The topological polar surface area (TPSA) is 44.8 Å². The number of carbonyl (C=O) groups excluding carboxylic acids is 1. The van der Waals surface area contributed by atoms with Crippen LogP contribution in [0.2, 0.25) is 18.1 Å². The quantitative estimate of drug-likeness (QED) is 0.466. The molecule has 0 aromatic rings. The van der Waals surface area contributed by atoms with Gasteiger partial charge in [0.05, 0.1) is 11.7 Å². The van der Waals surface area contributed by atoms with Crippen molar-refractivity contribution >= 4 is 14.1 Å². The molecule has 0 aliphatic heterocycles. The molecule has 3 aliphatic rings. The van der Waals surface area contributed by atoms with Crippen LogP contribution >= 0.6 is 0 Å². The summed E-state index contributed by atoms with van der Waals surface area (Å²) < 4.78 is 18.6. The van der Waals surface area contributed by atoms with Crippen LogP contribution in [0.5, 0.6) is 0 Å². The van der Waals surface area contributed by atoms with Gasteiger partial charge in [-0.3, -0.25) is 4.79 Å². The molecule has 0 bridgehead atoms. The fourth-order valence-corrected chi connectivity index (χ4v) is 9.26. The molecule has 3 aliphatic carbocycles. The van der Waals surface area contributed by atoms with Crippen molar-refractivity contribution in [1.29, 1.82) is 0 Å². The Balaban J connectivity index is 2.00. The lowest BCUT2D eigenvalue weighted by Gasteiger charge is -2.48. The molecule has 144 valence electrons. The third kappa shape index (κ3) is 2.77. The van der Waals surface area contributed by atoms with Crippen LogP contribution in [0.4, 0.5) is 0 Å². The molecule has 1 spiro atoms. The third-order valence-corrected chi connectivity index (χ3v) is 12.5. The van der Waals surface area contributed by atoms with Gasteiger partial charge in [0.1, 0.15) is 12.6 Å². The van der Waals surface area contributed by atoms with Crippen molar-refractivity contribution in [3.8, 4) is 0 Å². The van der Waals surface area contributed by atoms with Crippen molar-refractivity contribution < 1.29 is 18.7 Å². The Hall–Kier alpha value is -0.233. The number of ketones is 1. The summed E-state index contributed by atoms with van der Waals surface area (Å²) >= 11 is 0. The van der Waals surface area contributed by atoms with Crippen molar-refractivity contribution in [3.63, 3.8) is 0 Å². The van der Waals surface area contributed by atoms with Crippen LogP contribution in [0.3, 0.4) is 0 Å². The highest BCUT2D eigenvalue weighted by atomic mass is 28.4. The average molecular weight is 369 g/mol. The molecule has 0 saturated heterocycles. The van der Waals surface area contributed by atoms with Gasteiger partial charge in [0.2, 0.25) is 0 Å². The lowest BCUT2D eigenvalue weighted by molar-refractivity contribution is -0.134. The zero-order valence-corrected chi connectivity index (χ0v) is 17.7. The predicted molar refractivity (Wildman–Crippen MR) is 101 cm³/mol. The fourth-order valence-electron chi connectivity index (χ4n) is 6.06. The molecule has 25 heavy (non-hydrogen) atoms. The van der Waals surface area contributed by atoms with Crippen LogP contribution in [-0.2, 0) is 18.7 Å². The first kappa shape index (κ1) is 19.5. The number of carbonyl (C=O) groups is 1. The highest BCUT2D eigenvalue weighted by molar-refractivity contribution is 6.73. The Labute approximate surface area is 154 Å². The van der Waals surface area contributed by atoms with Gasteiger partial charge in [-0.1, -0.05) is 27.7 Å². The summed E-state index contributed by atoms with van der Waals surface area (Å²) in [6, 6.07) is 3.48. The van der Waals surface area contributed by atoms with Crippen molar-refractivity contribution in [2.75, 3.05) is 13.9 Å². The molecule has 5 atom stereocenters. The van der Waals surface area contributed by atoms with E-state index in [1.807, 2.05) is 0 Å². The highest BCUT2D eigenvalue weighted by Gasteiger charge is 2.78. The van der Waals surface area contributed by atoms with Gasteiger partial charge in [-0.15, -0.1) is 0 Å². The minimum Gasteiger partial charge on any atom is -0.410 e. The average Bonchev–Trinajstić information content (AvgIpc) is 3.32. The SMILES string of the molecule is CC[Si](CC)(CC)O[C@]12CC[C@@H](OCOC)[C@]13C[C@@H]3C(=O)CC[C@@H]2C. The van der Waals surface area contributed by atoms with E-state index in [1.54, 1.807) is 7.11 Å². The normalized spacial score (nSPS) is 40.5. The largest absolute Gasteiger partial charge is 0.410 e. The van der Waals surface area contributed by atoms with Gasteiger partial charge in [0.15, 0.2) is 8.32 Å².